The molecule has 1 atom stereocenters. The van der Waals surface area contributed by atoms with Crippen LogP contribution in [0.1, 0.15) is 12.5 Å². The normalized spacial score (nSPS) is 12.1. The van der Waals surface area contributed by atoms with E-state index in [2.05, 4.69) is 0 Å². The van der Waals surface area contributed by atoms with Crippen molar-refractivity contribution in [3.8, 4) is 17.2 Å². The molecule has 2 N–H and O–H groups in total. The van der Waals surface area contributed by atoms with Gasteiger partial charge in [0.05, 0.1) is 21.3 Å². The van der Waals surface area contributed by atoms with E-state index in [9.17, 15) is 0 Å². The molecule has 4 nitrogen and oxygen atoms in total. The van der Waals surface area contributed by atoms with Crippen LogP contribution in [-0.2, 0) is 6.42 Å². The zero-order valence-electron chi connectivity index (χ0n) is 10.2. The van der Waals surface area contributed by atoms with Crippen LogP contribution in [0.5, 0.6) is 17.2 Å². The minimum atomic E-state index is 0.0759. The minimum absolute atomic E-state index is 0.0759. The third-order valence-corrected chi connectivity index (χ3v) is 2.33. The van der Waals surface area contributed by atoms with Crippen LogP contribution in [0.2, 0.25) is 0 Å². The van der Waals surface area contributed by atoms with E-state index in [1.165, 1.54) is 0 Å². The summed E-state index contributed by atoms with van der Waals surface area (Å²) in [4.78, 5) is 0. The number of nitrogens with two attached hydrogens (primary N) is 1. The molecule has 0 bridgehead atoms. The molecule has 0 saturated heterocycles. The molecule has 1 aromatic carbocycles. The van der Waals surface area contributed by atoms with E-state index in [-0.39, 0.29) is 6.04 Å². The first-order valence-electron chi connectivity index (χ1n) is 5.17. The van der Waals surface area contributed by atoms with Crippen LogP contribution in [-0.4, -0.2) is 27.4 Å². The fourth-order valence-electron chi connectivity index (χ4n) is 1.67. The minimum Gasteiger partial charge on any atom is -0.493 e. The number of benzene rings is 1. The van der Waals surface area contributed by atoms with Crippen molar-refractivity contribution in [1.29, 1.82) is 0 Å². The van der Waals surface area contributed by atoms with Crippen molar-refractivity contribution in [3.05, 3.63) is 17.7 Å². The van der Waals surface area contributed by atoms with Gasteiger partial charge in [-0.3, -0.25) is 0 Å². The Morgan fingerprint density at radius 3 is 2.12 bits per heavy atom. The Hall–Kier alpha value is -1.42. The van der Waals surface area contributed by atoms with Gasteiger partial charge in [0.1, 0.15) is 0 Å². The number of hydrogen-bond acceptors (Lipinski definition) is 4. The van der Waals surface area contributed by atoms with Gasteiger partial charge in [-0.2, -0.15) is 0 Å². The molecule has 0 aliphatic heterocycles. The van der Waals surface area contributed by atoms with Crippen LogP contribution in [0.15, 0.2) is 12.1 Å². The number of rotatable bonds is 5. The molecule has 90 valence electrons. The highest BCUT2D eigenvalue weighted by Crippen LogP contribution is 2.39. The van der Waals surface area contributed by atoms with Gasteiger partial charge in [0.15, 0.2) is 11.5 Å². The molecule has 0 aliphatic carbocycles. The summed E-state index contributed by atoms with van der Waals surface area (Å²) in [5.41, 5.74) is 6.81. The Bertz CT molecular complexity index is 350. The zero-order valence-corrected chi connectivity index (χ0v) is 10.2. The van der Waals surface area contributed by atoms with Crippen LogP contribution in [0, 0.1) is 0 Å². The molecular formula is C12H19NO3. The zero-order chi connectivity index (χ0) is 12.1. The smallest absolute Gasteiger partial charge is 0.203 e. The Morgan fingerprint density at radius 2 is 1.69 bits per heavy atom. The second kappa shape index (κ2) is 5.61. The molecule has 4 heteroatoms. The van der Waals surface area contributed by atoms with Crippen molar-refractivity contribution >= 4 is 0 Å². The van der Waals surface area contributed by atoms with E-state index in [1.807, 2.05) is 19.1 Å². The van der Waals surface area contributed by atoms with E-state index in [0.29, 0.717) is 17.2 Å². The third kappa shape index (κ3) is 2.58. The highest BCUT2D eigenvalue weighted by atomic mass is 16.5. The summed E-state index contributed by atoms with van der Waals surface area (Å²) in [7, 11) is 4.81. The van der Waals surface area contributed by atoms with Crippen LogP contribution in [0.25, 0.3) is 0 Å². The van der Waals surface area contributed by atoms with Gasteiger partial charge in [-0.05, 0) is 25.0 Å². The Morgan fingerprint density at radius 1 is 1.06 bits per heavy atom. The summed E-state index contributed by atoms with van der Waals surface area (Å²) in [6.07, 6.45) is 0.740. The van der Waals surface area contributed by atoms with Crippen molar-refractivity contribution in [2.24, 2.45) is 5.73 Å². The molecule has 0 aliphatic rings. The lowest BCUT2D eigenvalue weighted by atomic mass is 10.1. The molecule has 0 radical (unpaired) electrons. The first-order chi connectivity index (χ1) is 7.63. The number of hydrogen-bond donors (Lipinski definition) is 1. The van der Waals surface area contributed by atoms with Gasteiger partial charge >= 0.3 is 0 Å². The van der Waals surface area contributed by atoms with Gasteiger partial charge in [0, 0.05) is 6.04 Å². The molecule has 16 heavy (non-hydrogen) atoms. The maximum absolute atomic E-state index is 5.78. The maximum Gasteiger partial charge on any atom is 0.203 e. The van der Waals surface area contributed by atoms with Gasteiger partial charge in [-0.1, -0.05) is 6.07 Å². The number of ether oxygens (including phenoxy) is 3. The first kappa shape index (κ1) is 12.6. The van der Waals surface area contributed by atoms with E-state index in [4.69, 9.17) is 19.9 Å². The molecule has 0 saturated carbocycles. The topological polar surface area (TPSA) is 53.7 Å². The van der Waals surface area contributed by atoms with E-state index < -0.39 is 0 Å². The predicted molar refractivity (Wildman–Crippen MR) is 63.5 cm³/mol. The van der Waals surface area contributed by atoms with E-state index >= 15 is 0 Å². The van der Waals surface area contributed by atoms with Crippen molar-refractivity contribution in [2.45, 2.75) is 19.4 Å². The average Bonchev–Trinajstić information content (AvgIpc) is 2.27. The molecule has 1 unspecified atom stereocenters. The van der Waals surface area contributed by atoms with Crippen molar-refractivity contribution < 1.29 is 14.2 Å². The molecule has 0 heterocycles. The van der Waals surface area contributed by atoms with E-state index in [1.54, 1.807) is 21.3 Å². The Kier molecular flexibility index (Phi) is 4.43. The number of methoxy groups -OCH3 is 3. The second-order valence-electron chi connectivity index (χ2n) is 3.67. The van der Waals surface area contributed by atoms with Gasteiger partial charge in [-0.25, -0.2) is 0 Å². The standard InChI is InChI=1S/C12H19NO3/c1-8(13)7-9-5-6-10(14-2)12(16-4)11(9)15-3/h5-6,8H,7,13H2,1-4H3/i5+1. The van der Waals surface area contributed by atoms with E-state index in [0.717, 1.165) is 12.0 Å². The highest BCUT2D eigenvalue weighted by molar-refractivity contribution is 5.55. The van der Waals surface area contributed by atoms with Gasteiger partial charge < -0.3 is 19.9 Å². The maximum atomic E-state index is 5.78. The summed E-state index contributed by atoms with van der Waals surface area (Å²) >= 11 is 0. The van der Waals surface area contributed by atoms with Gasteiger partial charge in [0.25, 0.3) is 0 Å². The SMILES string of the molecule is COc1c[13cH]c(CC(C)N)c(OC)c1OC. The summed E-state index contributed by atoms with van der Waals surface area (Å²) < 4.78 is 15.8. The lowest BCUT2D eigenvalue weighted by Crippen LogP contribution is -2.18. The molecule has 0 aromatic heterocycles. The van der Waals surface area contributed by atoms with Crippen LogP contribution in [0.3, 0.4) is 0 Å². The monoisotopic (exact) mass is 226 g/mol. The largest absolute Gasteiger partial charge is 0.493 e. The average molecular weight is 226 g/mol. The Labute approximate surface area is 96.3 Å². The summed E-state index contributed by atoms with van der Waals surface area (Å²) in [5.74, 6) is 1.97. The predicted octanol–water partition coefficient (Wildman–Crippen LogP) is 1.60. The molecule has 1 rings (SSSR count). The summed E-state index contributed by atoms with van der Waals surface area (Å²) in [6.45, 7) is 1.95. The summed E-state index contributed by atoms with van der Waals surface area (Å²) in [5, 5.41) is 0. The molecule has 0 amide bonds. The van der Waals surface area contributed by atoms with Crippen molar-refractivity contribution in [1.82, 2.24) is 0 Å². The van der Waals surface area contributed by atoms with Gasteiger partial charge in [0.2, 0.25) is 5.75 Å². The van der Waals surface area contributed by atoms with Crippen molar-refractivity contribution in [3.63, 3.8) is 0 Å². The van der Waals surface area contributed by atoms with Crippen LogP contribution >= 0.6 is 0 Å². The second-order valence-corrected chi connectivity index (χ2v) is 3.67. The highest BCUT2D eigenvalue weighted by Gasteiger charge is 2.16. The lowest BCUT2D eigenvalue weighted by molar-refractivity contribution is 0.322. The molecular weight excluding hydrogens is 207 g/mol. The van der Waals surface area contributed by atoms with Crippen LogP contribution in [0.4, 0.5) is 0 Å². The molecule has 0 spiro atoms. The fraction of sp³-hybridized carbons (Fsp3) is 0.500. The Balaban J connectivity index is 3.20. The quantitative estimate of drug-likeness (QED) is 0.828. The molecule has 1 aromatic rings. The van der Waals surface area contributed by atoms with Crippen molar-refractivity contribution in [2.75, 3.05) is 21.3 Å². The lowest BCUT2D eigenvalue weighted by Gasteiger charge is -2.16. The third-order valence-electron chi connectivity index (χ3n) is 2.33. The summed E-state index contributed by atoms with van der Waals surface area (Å²) in [6, 6.07) is 3.88. The fourth-order valence-corrected chi connectivity index (χ4v) is 1.67. The first-order valence-corrected chi connectivity index (χ1v) is 5.17. The molecule has 0 fully saturated rings. The van der Waals surface area contributed by atoms with Gasteiger partial charge in [-0.15, -0.1) is 0 Å². The van der Waals surface area contributed by atoms with Crippen LogP contribution < -0.4 is 19.9 Å².